The van der Waals surface area contributed by atoms with Crippen LogP contribution in [-0.4, -0.2) is 17.4 Å². The zero-order valence-corrected chi connectivity index (χ0v) is 9.61. The average Bonchev–Trinajstić information content (AvgIpc) is 2.19. The van der Waals surface area contributed by atoms with Crippen LogP contribution in [0.5, 0.6) is 0 Å². The maximum absolute atomic E-state index is 11.3. The number of rotatable bonds is 4. The number of pyridine rings is 1. The van der Waals surface area contributed by atoms with Gasteiger partial charge in [-0.2, -0.15) is 0 Å². The van der Waals surface area contributed by atoms with Crippen molar-refractivity contribution < 1.29 is 14.1 Å². The molecule has 1 aromatic heterocycles. The van der Waals surface area contributed by atoms with Crippen LogP contribution in [0.1, 0.15) is 6.92 Å². The molecule has 0 fully saturated rings. The Morgan fingerprint density at radius 2 is 2.07 bits per heavy atom. The van der Waals surface area contributed by atoms with Crippen molar-refractivity contribution in [3.05, 3.63) is 30.6 Å². The Labute approximate surface area is 91.8 Å². The van der Waals surface area contributed by atoms with Gasteiger partial charge in [-0.15, -0.1) is 0 Å². The van der Waals surface area contributed by atoms with E-state index in [1.54, 1.807) is 6.92 Å². The standard InChI is InChI=1S/C10H13BrNO2/c1-2-14-10(13)9(11)8-12-6-4-3-5-7-12/h3-7,9H,2,8H2,1H3/q+1. The fraction of sp³-hybridized carbons (Fsp3) is 0.400. The fourth-order valence-electron chi connectivity index (χ4n) is 1.05. The van der Waals surface area contributed by atoms with Crippen molar-refractivity contribution in [2.24, 2.45) is 0 Å². The Hall–Kier alpha value is -0.900. The van der Waals surface area contributed by atoms with Gasteiger partial charge >= 0.3 is 5.97 Å². The molecule has 76 valence electrons. The van der Waals surface area contributed by atoms with Crippen molar-refractivity contribution in [2.75, 3.05) is 6.61 Å². The zero-order chi connectivity index (χ0) is 10.4. The summed E-state index contributed by atoms with van der Waals surface area (Å²) in [6.07, 6.45) is 3.82. The summed E-state index contributed by atoms with van der Waals surface area (Å²) < 4.78 is 6.80. The number of carbonyl (C=O) groups excluding carboxylic acids is 1. The predicted molar refractivity (Wildman–Crippen MR) is 56.0 cm³/mol. The van der Waals surface area contributed by atoms with Gasteiger partial charge in [0.05, 0.1) is 6.61 Å². The van der Waals surface area contributed by atoms with Crippen molar-refractivity contribution in [1.82, 2.24) is 0 Å². The minimum Gasteiger partial charge on any atom is -0.465 e. The zero-order valence-electron chi connectivity index (χ0n) is 8.02. The summed E-state index contributed by atoms with van der Waals surface area (Å²) in [5.41, 5.74) is 0. The third-order valence-electron chi connectivity index (χ3n) is 1.69. The molecule has 1 aromatic rings. The van der Waals surface area contributed by atoms with E-state index in [2.05, 4.69) is 15.9 Å². The maximum Gasteiger partial charge on any atom is 0.326 e. The summed E-state index contributed by atoms with van der Waals surface area (Å²) in [5.74, 6) is -0.219. The van der Waals surface area contributed by atoms with Gasteiger partial charge in [-0.1, -0.05) is 22.0 Å². The molecule has 0 bridgehead atoms. The first-order chi connectivity index (χ1) is 6.74. The molecule has 1 atom stereocenters. The van der Waals surface area contributed by atoms with E-state index in [4.69, 9.17) is 4.74 Å². The number of hydrogen-bond acceptors (Lipinski definition) is 2. The number of hydrogen-bond donors (Lipinski definition) is 0. The number of carbonyl (C=O) groups is 1. The largest absolute Gasteiger partial charge is 0.465 e. The summed E-state index contributed by atoms with van der Waals surface area (Å²) in [5, 5.41) is 0. The molecule has 1 rings (SSSR count). The molecule has 0 aliphatic heterocycles. The Balaban J connectivity index is 2.49. The predicted octanol–water partition coefficient (Wildman–Crippen LogP) is 1.30. The van der Waals surface area contributed by atoms with Gasteiger partial charge < -0.3 is 4.74 Å². The molecule has 0 spiro atoms. The van der Waals surface area contributed by atoms with Crippen LogP contribution in [0.4, 0.5) is 0 Å². The first-order valence-corrected chi connectivity index (χ1v) is 5.40. The van der Waals surface area contributed by atoms with Gasteiger partial charge in [0, 0.05) is 12.1 Å². The SMILES string of the molecule is CCOC(=O)C(Br)C[n+]1ccccc1. The summed E-state index contributed by atoms with van der Waals surface area (Å²) in [6, 6.07) is 5.78. The lowest BCUT2D eigenvalue weighted by Gasteiger charge is -2.05. The Morgan fingerprint density at radius 3 is 2.64 bits per heavy atom. The van der Waals surface area contributed by atoms with Gasteiger partial charge in [0.1, 0.15) is 0 Å². The molecule has 0 radical (unpaired) electrons. The van der Waals surface area contributed by atoms with E-state index in [-0.39, 0.29) is 10.8 Å². The Kier molecular flexibility index (Phi) is 4.59. The molecular formula is C10H13BrNO2+. The third kappa shape index (κ3) is 3.46. The first kappa shape index (κ1) is 11.2. The van der Waals surface area contributed by atoms with Crippen LogP contribution in [0, 0.1) is 0 Å². The van der Waals surface area contributed by atoms with Crippen LogP contribution >= 0.6 is 15.9 Å². The highest BCUT2D eigenvalue weighted by molar-refractivity contribution is 9.10. The van der Waals surface area contributed by atoms with Crippen LogP contribution in [0.3, 0.4) is 0 Å². The second-order valence-corrected chi connectivity index (χ2v) is 3.90. The number of esters is 1. The van der Waals surface area contributed by atoms with Crippen LogP contribution in [0.25, 0.3) is 0 Å². The fourth-order valence-corrected chi connectivity index (χ4v) is 1.51. The van der Waals surface area contributed by atoms with Gasteiger partial charge in [0.15, 0.2) is 23.8 Å². The normalized spacial score (nSPS) is 12.1. The summed E-state index contributed by atoms with van der Waals surface area (Å²) >= 11 is 3.29. The smallest absolute Gasteiger partial charge is 0.326 e. The molecule has 4 heteroatoms. The molecule has 0 N–H and O–H groups in total. The van der Waals surface area contributed by atoms with Crippen molar-refractivity contribution in [1.29, 1.82) is 0 Å². The van der Waals surface area contributed by atoms with Crippen molar-refractivity contribution >= 4 is 21.9 Å². The quantitative estimate of drug-likeness (QED) is 0.463. The summed E-state index contributed by atoms with van der Waals surface area (Å²) in [7, 11) is 0. The van der Waals surface area contributed by atoms with E-state index in [9.17, 15) is 4.79 Å². The van der Waals surface area contributed by atoms with E-state index in [1.807, 2.05) is 35.2 Å². The number of halogens is 1. The van der Waals surface area contributed by atoms with Crippen LogP contribution in [-0.2, 0) is 16.1 Å². The van der Waals surface area contributed by atoms with Crippen molar-refractivity contribution in [2.45, 2.75) is 18.3 Å². The highest BCUT2D eigenvalue weighted by atomic mass is 79.9. The Bertz CT molecular complexity index is 289. The molecule has 0 aliphatic carbocycles. The van der Waals surface area contributed by atoms with E-state index < -0.39 is 0 Å². The third-order valence-corrected chi connectivity index (χ3v) is 2.35. The Morgan fingerprint density at radius 1 is 1.43 bits per heavy atom. The van der Waals surface area contributed by atoms with Gasteiger partial charge in [0.2, 0.25) is 0 Å². The second-order valence-electron chi connectivity index (χ2n) is 2.79. The lowest BCUT2D eigenvalue weighted by atomic mass is 10.4. The number of alkyl halides is 1. The van der Waals surface area contributed by atoms with E-state index in [0.29, 0.717) is 13.2 Å². The summed E-state index contributed by atoms with van der Waals surface area (Å²) in [6.45, 7) is 2.80. The molecule has 0 amide bonds. The lowest BCUT2D eigenvalue weighted by molar-refractivity contribution is -0.694. The molecule has 14 heavy (non-hydrogen) atoms. The first-order valence-electron chi connectivity index (χ1n) is 4.49. The topological polar surface area (TPSA) is 30.2 Å². The van der Waals surface area contributed by atoms with Gasteiger partial charge in [0.25, 0.3) is 0 Å². The molecule has 0 saturated heterocycles. The maximum atomic E-state index is 11.3. The molecule has 0 aromatic carbocycles. The molecule has 1 unspecified atom stereocenters. The minimum absolute atomic E-state index is 0.219. The van der Waals surface area contributed by atoms with Gasteiger partial charge in [-0.3, -0.25) is 4.79 Å². The number of nitrogens with zero attached hydrogens (tertiary/aromatic N) is 1. The van der Waals surface area contributed by atoms with E-state index >= 15 is 0 Å². The lowest BCUT2D eigenvalue weighted by Crippen LogP contribution is -2.40. The van der Waals surface area contributed by atoms with Crippen molar-refractivity contribution in [3.63, 3.8) is 0 Å². The monoisotopic (exact) mass is 258 g/mol. The highest BCUT2D eigenvalue weighted by Gasteiger charge is 2.20. The molecular weight excluding hydrogens is 246 g/mol. The number of ether oxygens (including phenoxy) is 1. The van der Waals surface area contributed by atoms with E-state index in [0.717, 1.165) is 0 Å². The molecule has 1 heterocycles. The summed E-state index contributed by atoms with van der Waals surface area (Å²) in [4.78, 5) is 11.0. The number of aromatic nitrogens is 1. The van der Waals surface area contributed by atoms with Gasteiger partial charge in [-0.25, -0.2) is 4.57 Å². The molecule has 3 nitrogen and oxygen atoms in total. The minimum atomic E-state index is -0.283. The average molecular weight is 259 g/mol. The van der Waals surface area contributed by atoms with Gasteiger partial charge in [-0.05, 0) is 6.92 Å². The second kappa shape index (κ2) is 5.75. The van der Waals surface area contributed by atoms with Crippen LogP contribution in [0.2, 0.25) is 0 Å². The van der Waals surface area contributed by atoms with E-state index in [1.165, 1.54) is 0 Å². The van der Waals surface area contributed by atoms with Crippen LogP contribution < -0.4 is 4.57 Å². The van der Waals surface area contributed by atoms with Crippen LogP contribution in [0.15, 0.2) is 30.6 Å². The molecule has 0 saturated carbocycles. The highest BCUT2D eigenvalue weighted by Crippen LogP contribution is 2.02. The molecule has 0 aliphatic rings. The van der Waals surface area contributed by atoms with Crippen molar-refractivity contribution in [3.8, 4) is 0 Å².